The summed E-state index contributed by atoms with van der Waals surface area (Å²) >= 11 is 0. The van der Waals surface area contributed by atoms with Crippen LogP contribution in [0.15, 0.2) is 0 Å². The van der Waals surface area contributed by atoms with Gasteiger partial charge in [0.15, 0.2) is 24.6 Å². The molecule has 28 heavy (non-hydrogen) atoms. The fourth-order valence-electron chi connectivity index (χ4n) is 2.61. The van der Waals surface area contributed by atoms with Gasteiger partial charge in [0.1, 0.15) is 12.7 Å². The summed E-state index contributed by atoms with van der Waals surface area (Å²) in [5, 5.41) is 0. The van der Waals surface area contributed by atoms with Crippen molar-refractivity contribution >= 4 is 23.9 Å². The predicted octanol–water partition coefficient (Wildman–Crippen LogP) is -0.565. The third-order valence-corrected chi connectivity index (χ3v) is 3.58. The first-order chi connectivity index (χ1) is 13.1. The Morgan fingerprint density at radius 2 is 1.36 bits per heavy atom. The van der Waals surface area contributed by atoms with Crippen LogP contribution in [-0.2, 0) is 47.6 Å². The Kier molecular flexibility index (Phi) is 9.83. The lowest BCUT2D eigenvalue weighted by Crippen LogP contribution is -2.63. The van der Waals surface area contributed by atoms with Crippen molar-refractivity contribution in [3.63, 3.8) is 0 Å². The van der Waals surface area contributed by atoms with Crippen LogP contribution in [0.25, 0.3) is 0 Å². The summed E-state index contributed by atoms with van der Waals surface area (Å²) in [4.78, 5) is 46.0. The quantitative estimate of drug-likeness (QED) is 0.298. The van der Waals surface area contributed by atoms with Crippen molar-refractivity contribution in [1.82, 2.24) is 0 Å². The molecule has 0 saturated carbocycles. The third-order valence-electron chi connectivity index (χ3n) is 3.58. The van der Waals surface area contributed by atoms with Gasteiger partial charge >= 0.3 is 23.9 Å². The lowest BCUT2D eigenvalue weighted by Gasteiger charge is -2.44. The zero-order chi connectivity index (χ0) is 21.3. The molecule has 1 saturated heterocycles. The van der Waals surface area contributed by atoms with Crippen LogP contribution >= 0.6 is 0 Å². The van der Waals surface area contributed by atoms with E-state index in [4.69, 9.17) is 34.2 Å². The zero-order valence-electron chi connectivity index (χ0n) is 16.4. The number of hydrogen-bond donors (Lipinski definition) is 1. The van der Waals surface area contributed by atoms with E-state index in [1.807, 2.05) is 0 Å². The van der Waals surface area contributed by atoms with Crippen molar-refractivity contribution in [3.05, 3.63) is 0 Å². The van der Waals surface area contributed by atoms with Crippen LogP contribution in [0.4, 0.5) is 0 Å². The highest BCUT2D eigenvalue weighted by Crippen LogP contribution is 2.30. The molecule has 160 valence electrons. The maximum absolute atomic E-state index is 11.6. The van der Waals surface area contributed by atoms with Gasteiger partial charge in [-0.1, -0.05) is 0 Å². The van der Waals surface area contributed by atoms with Crippen molar-refractivity contribution in [2.45, 2.75) is 64.8 Å². The fourth-order valence-corrected chi connectivity index (χ4v) is 2.61. The van der Waals surface area contributed by atoms with E-state index < -0.39 is 54.6 Å². The zero-order valence-corrected chi connectivity index (χ0v) is 16.4. The largest absolute Gasteiger partial charge is 0.463 e. The van der Waals surface area contributed by atoms with Crippen LogP contribution in [0, 0.1) is 0 Å². The Hall–Kier alpha value is -2.24. The van der Waals surface area contributed by atoms with Gasteiger partial charge in [-0.15, -0.1) is 0 Å². The molecule has 0 radical (unpaired) electrons. The van der Waals surface area contributed by atoms with Crippen LogP contribution in [-0.4, -0.2) is 74.3 Å². The summed E-state index contributed by atoms with van der Waals surface area (Å²) < 4.78 is 32.0. The molecule has 0 amide bonds. The molecule has 1 rings (SSSR count). The van der Waals surface area contributed by atoms with E-state index in [-0.39, 0.29) is 13.2 Å². The molecule has 1 aliphatic heterocycles. The standard InChI is InChI=1S/C17H27NO10/c1-9(19)24-8-13-14(25-10(2)20)15(26-11(3)21)16(27-12(4)22)17(28-13)23-7-5-6-18/h13-17H,5-8,18H2,1-4H3/t13?,14-,15?,16?,17-/m1/s1. The molecule has 0 aromatic heterocycles. The molecule has 11 nitrogen and oxygen atoms in total. The normalized spacial score (nSPS) is 26.8. The van der Waals surface area contributed by atoms with Crippen LogP contribution in [0.5, 0.6) is 0 Å². The van der Waals surface area contributed by atoms with Gasteiger partial charge in [-0.2, -0.15) is 0 Å². The van der Waals surface area contributed by atoms with Crippen LogP contribution in [0.1, 0.15) is 34.1 Å². The van der Waals surface area contributed by atoms with Crippen molar-refractivity contribution in [2.75, 3.05) is 19.8 Å². The number of nitrogens with two attached hydrogens (primary N) is 1. The SMILES string of the molecule is CC(=O)OCC1O[C@@H](OCCCN)C(OC(C)=O)C(OC(C)=O)[C@@H]1OC(C)=O. The molecule has 0 aromatic carbocycles. The number of carbonyl (C=O) groups is 4. The second-order valence-electron chi connectivity index (χ2n) is 6.08. The molecule has 0 aliphatic carbocycles. The molecule has 0 aromatic rings. The average Bonchev–Trinajstić information content (AvgIpc) is 2.57. The van der Waals surface area contributed by atoms with E-state index >= 15 is 0 Å². The molecule has 1 fully saturated rings. The summed E-state index contributed by atoms with van der Waals surface area (Å²) in [5.74, 6) is -2.66. The Labute approximate surface area is 162 Å². The highest BCUT2D eigenvalue weighted by atomic mass is 16.7. The molecule has 0 bridgehead atoms. The molecule has 0 spiro atoms. The van der Waals surface area contributed by atoms with Crippen LogP contribution in [0.3, 0.4) is 0 Å². The number of ether oxygens (including phenoxy) is 6. The van der Waals surface area contributed by atoms with Crippen LogP contribution < -0.4 is 5.73 Å². The molecule has 1 aliphatic rings. The van der Waals surface area contributed by atoms with Crippen molar-refractivity contribution < 1.29 is 47.6 Å². The first-order valence-corrected chi connectivity index (χ1v) is 8.77. The molecule has 2 N–H and O–H groups in total. The molecule has 5 atom stereocenters. The van der Waals surface area contributed by atoms with E-state index in [0.29, 0.717) is 13.0 Å². The number of esters is 4. The molecule has 3 unspecified atom stereocenters. The topological polar surface area (TPSA) is 150 Å². The third kappa shape index (κ3) is 7.79. The Balaban J connectivity index is 3.21. The molecule has 11 heteroatoms. The van der Waals surface area contributed by atoms with E-state index in [9.17, 15) is 19.2 Å². The predicted molar refractivity (Wildman–Crippen MR) is 91.6 cm³/mol. The second kappa shape index (κ2) is 11.6. The maximum Gasteiger partial charge on any atom is 0.303 e. The monoisotopic (exact) mass is 405 g/mol. The molecular weight excluding hydrogens is 378 g/mol. The van der Waals surface area contributed by atoms with Gasteiger partial charge in [-0.3, -0.25) is 19.2 Å². The Morgan fingerprint density at radius 1 is 0.821 bits per heavy atom. The van der Waals surface area contributed by atoms with Gasteiger partial charge in [0.05, 0.1) is 6.61 Å². The Morgan fingerprint density at radius 3 is 1.86 bits per heavy atom. The van der Waals surface area contributed by atoms with Gasteiger partial charge in [0.25, 0.3) is 0 Å². The highest BCUT2D eigenvalue weighted by molar-refractivity contribution is 5.68. The summed E-state index contributed by atoms with van der Waals surface area (Å²) in [6.45, 7) is 4.89. The van der Waals surface area contributed by atoms with E-state index in [2.05, 4.69) is 0 Å². The van der Waals surface area contributed by atoms with Crippen LogP contribution in [0.2, 0.25) is 0 Å². The number of hydrogen-bond acceptors (Lipinski definition) is 11. The summed E-state index contributed by atoms with van der Waals surface area (Å²) in [7, 11) is 0. The minimum atomic E-state index is -1.23. The lowest BCUT2D eigenvalue weighted by atomic mass is 9.98. The minimum absolute atomic E-state index is 0.171. The lowest BCUT2D eigenvalue weighted by molar-refractivity contribution is -0.308. The van der Waals surface area contributed by atoms with Gasteiger partial charge in [0, 0.05) is 27.7 Å². The first kappa shape index (κ1) is 23.8. The summed E-state index contributed by atoms with van der Waals surface area (Å²) in [5.41, 5.74) is 5.45. The smallest absolute Gasteiger partial charge is 0.303 e. The summed E-state index contributed by atoms with van der Waals surface area (Å²) in [6, 6.07) is 0. The highest BCUT2D eigenvalue weighted by Gasteiger charge is 2.52. The first-order valence-electron chi connectivity index (χ1n) is 8.77. The van der Waals surface area contributed by atoms with E-state index in [0.717, 1.165) is 20.8 Å². The second-order valence-corrected chi connectivity index (χ2v) is 6.08. The van der Waals surface area contributed by atoms with Gasteiger partial charge in [-0.25, -0.2) is 0 Å². The Bertz CT molecular complexity index is 566. The molecular formula is C17H27NO10. The number of rotatable bonds is 9. The number of carbonyl (C=O) groups excluding carboxylic acids is 4. The van der Waals surface area contributed by atoms with Gasteiger partial charge < -0.3 is 34.2 Å². The maximum atomic E-state index is 11.6. The van der Waals surface area contributed by atoms with Gasteiger partial charge in [0.2, 0.25) is 0 Å². The molecule has 1 heterocycles. The average molecular weight is 405 g/mol. The fraction of sp³-hybridized carbons (Fsp3) is 0.765. The van der Waals surface area contributed by atoms with Crippen molar-refractivity contribution in [3.8, 4) is 0 Å². The van der Waals surface area contributed by atoms with Crippen molar-refractivity contribution in [1.29, 1.82) is 0 Å². The van der Waals surface area contributed by atoms with Crippen molar-refractivity contribution in [2.24, 2.45) is 5.73 Å². The summed E-state index contributed by atoms with van der Waals surface area (Å²) in [6.07, 6.45) is -5.33. The van der Waals surface area contributed by atoms with Gasteiger partial charge in [-0.05, 0) is 13.0 Å². The minimum Gasteiger partial charge on any atom is -0.463 e. The van der Waals surface area contributed by atoms with E-state index in [1.54, 1.807) is 0 Å². The van der Waals surface area contributed by atoms with E-state index in [1.165, 1.54) is 6.92 Å².